The lowest BCUT2D eigenvalue weighted by atomic mass is 9.84. The normalized spacial score (nSPS) is 27.5. The third kappa shape index (κ3) is 2.77. The van der Waals surface area contributed by atoms with Gasteiger partial charge in [-0.15, -0.1) is 0 Å². The van der Waals surface area contributed by atoms with Gasteiger partial charge in [-0.3, -0.25) is 4.79 Å². The first kappa shape index (κ1) is 14.8. The fourth-order valence-corrected chi connectivity index (χ4v) is 4.82. The van der Waals surface area contributed by atoms with E-state index >= 15 is 0 Å². The van der Waals surface area contributed by atoms with Gasteiger partial charge in [0.25, 0.3) is 0 Å². The number of rotatable bonds is 4. The first-order valence-corrected chi connectivity index (χ1v) is 8.86. The summed E-state index contributed by atoms with van der Waals surface area (Å²) >= 11 is 0. The van der Waals surface area contributed by atoms with Crippen LogP contribution in [-0.2, 0) is 11.2 Å². The van der Waals surface area contributed by atoms with E-state index in [1.165, 1.54) is 31.2 Å². The molecule has 4 atom stereocenters. The monoisotopic (exact) mass is 311 g/mol. The van der Waals surface area contributed by atoms with Crippen LogP contribution >= 0.6 is 0 Å². The number of aryl methyl sites for hydroxylation is 1. The van der Waals surface area contributed by atoms with Crippen molar-refractivity contribution < 1.29 is 9.21 Å². The quantitative estimate of drug-likeness (QED) is 0.918. The van der Waals surface area contributed by atoms with E-state index in [-0.39, 0.29) is 5.91 Å². The highest BCUT2D eigenvalue weighted by Gasteiger charge is 2.42. The van der Waals surface area contributed by atoms with Crippen LogP contribution in [0.1, 0.15) is 43.7 Å². The van der Waals surface area contributed by atoms with Crippen molar-refractivity contribution in [3.05, 3.63) is 35.6 Å². The van der Waals surface area contributed by atoms with Crippen molar-refractivity contribution in [2.24, 2.45) is 17.8 Å². The second-order valence-electron chi connectivity index (χ2n) is 7.63. The van der Waals surface area contributed by atoms with Gasteiger partial charge in [-0.1, -0.05) is 18.6 Å². The SMILES string of the molecule is Cc1ccc2c(CC(=O)N[C@@H](C)[C@H]3C[C@H]4CC[C@H]3C4)coc2c1. The molecule has 2 aliphatic carbocycles. The summed E-state index contributed by atoms with van der Waals surface area (Å²) in [6.07, 6.45) is 7.59. The molecule has 2 bridgehead atoms. The van der Waals surface area contributed by atoms with Crippen molar-refractivity contribution in [3.8, 4) is 0 Å². The molecule has 0 radical (unpaired) electrons. The Morgan fingerprint density at radius 2 is 2.22 bits per heavy atom. The number of carbonyl (C=O) groups is 1. The standard InChI is InChI=1S/C20H25NO2/c1-12-3-6-17-16(11-23-19(17)7-12)10-20(22)21-13(2)18-9-14-4-5-15(18)8-14/h3,6-7,11,13-15,18H,4-5,8-10H2,1-2H3,(H,21,22)/t13-,14-,15-,18+/m0/s1. The second kappa shape index (κ2) is 5.70. The van der Waals surface area contributed by atoms with E-state index in [0.717, 1.165) is 28.4 Å². The molecule has 4 rings (SSSR count). The highest BCUT2D eigenvalue weighted by molar-refractivity contribution is 5.88. The number of amides is 1. The van der Waals surface area contributed by atoms with E-state index in [1.807, 2.05) is 13.0 Å². The highest BCUT2D eigenvalue weighted by Crippen LogP contribution is 2.49. The molecule has 0 unspecified atom stereocenters. The third-order valence-electron chi connectivity index (χ3n) is 5.99. The second-order valence-corrected chi connectivity index (χ2v) is 7.63. The average Bonchev–Trinajstić information content (AvgIpc) is 3.22. The highest BCUT2D eigenvalue weighted by atomic mass is 16.3. The van der Waals surface area contributed by atoms with Gasteiger partial charge >= 0.3 is 0 Å². The van der Waals surface area contributed by atoms with Crippen LogP contribution in [0.4, 0.5) is 0 Å². The Morgan fingerprint density at radius 1 is 1.35 bits per heavy atom. The van der Waals surface area contributed by atoms with E-state index in [4.69, 9.17) is 4.42 Å². The number of hydrogen-bond acceptors (Lipinski definition) is 2. The maximum absolute atomic E-state index is 12.4. The molecule has 1 heterocycles. The van der Waals surface area contributed by atoms with Crippen LogP contribution in [0.25, 0.3) is 11.0 Å². The first-order chi connectivity index (χ1) is 11.1. The molecule has 2 aliphatic rings. The summed E-state index contributed by atoms with van der Waals surface area (Å²) in [5.74, 6) is 2.56. The molecule has 0 spiro atoms. The van der Waals surface area contributed by atoms with Gasteiger partial charge < -0.3 is 9.73 Å². The zero-order chi connectivity index (χ0) is 16.0. The van der Waals surface area contributed by atoms with E-state index in [1.54, 1.807) is 6.26 Å². The van der Waals surface area contributed by atoms with E-state index in [9.17, 15) is 4.79 Å². The molecule has 2 aromatic rings. The number of hydrogen-bond donors (Lipinski definition) is 1. The van der Waals surface area contributed by atoms with Gasteiger partial charge in [0.15, 0.2) is 0 Å². The number of carbonyl (C=O) groups excluding carboxylic acids is 1. The molecule has 2 fully saturated rings. The number of benzene rings is 1. The molecule has 0 aliphatic heterocycles. The van der Waals surface area contributed by atoms with Crippen molar-refractivity contribution in [1.29, 1.82) is 0 Å². The summed E-state index contributed by atoms with van der Waals surface area (Å²) in [4.78, 5) is 12.4. The first-order valence-electron chi connectivity index (χ1n) is 8.86. The molecule has 1 amide bonds. The maximum atomic E-state index is 12.4. The number of nitrogens with one attached hydrogen (secondary N) is 1. The van der Waals surface area contributed by atoms with Gasteiger partial charge in [0.1, 0.15) is 5.58 Å². The molecule has 3 heteroatoms. The van der Waals surface area contributed by atoms with Gasteiger partial charge in [-0.25, -0.2) is 0 Å². The Hall–Kier alpha value is -1.77. The van der Waals surface area contributed by atoms with E-state index in [2.05, 4.69) is 24.4 Å². The van der Waals surface area contributed by atoms with Crippen molar-refractivity contribution in [3.63, 3.8) is 0 Å². The minimum Gasteiger partial charge on any atom is -0.464 e. The summed E-state index contributed by atoms with van der Waals surface area (Å²) in [5, 5.41) is 4.29. The van der Waals surface area contributed by atoms with Crippen LogP contribution in [-0.4, -0.2) is 11.9 Å². The number of furan rings is 1. The summed E-state index contributed by atoms with van der Waals surface area (Å²) in [6.45, 7) is 4.23. The van der Waals surface area contributed by atoms with Crippen molar-refractivity contribution >= 4 is 16.9 Å². The molecule has 1 N–H and O–H groups in total. The van der Waals surface area contributed by atoms with Gasteiger partial charge in [0, 0.05) is 17.0 Å². The van der Waals surface area contributed by atoms with Crippen molar-refractivity contribution in [2.45, 2.75) is 52.0 Å². The lowest BCUT2D eigenvalue weighted by Gasteiger charge is -2.28. The average molecular weight is 311 g/mol. The van der Waals surface area contributed by atoms with Crippen LogP contribution < -0.4 is 5.32 Å². The molecule has 0 saturated heterocycles. The summed E-state index contributed by atoms with van der Waals surface area (Å²) in [7, 11) is 0. The molecule has 3 nitrogen and oxygen atoms in total. The summed E-state index contributed by atoms with van der Waals surface area (Å²) in [5.41, 5.74) is 3.03. The fourth-order valence-electron chi connectivity index (χ4n) is 4.82. The molecule has 2 saturated carbocycles. The van der Waals surface area contributed by atoms with Gasteiger partial charge in [0.2, 0.25) is 5.91 Å². The Balaban J connectivity index is 1.41. The van der Waals surface area contributed by atoms with Crippen LogP contribution in [0.5, 0.6) is 0 Å². The zero-order valence-corrected chi connectivity index (χ0v) is 14.0. The Kier molecular flexibility index (Phi) is 3.67. The third-order valence-corrected chi connectivity index (χ3v) is 5.99. The predicted molar refractivity (Wildman–Crippen MR) is 91.2 cm³/mol. The van der Waals surface area contributed by atoms with Crippen molar-refractivity contribution in [1.82, 2.24) is 5.32 Å². The lowest BCUT2D eigenvalue weighted by Crippen LogP contribution is -2.40. The summed E-state index contributed by atoms with van der Waals surface area (Å²) in [6, 6.07) is 6.43. The molecule has 1 aromatic heterocycles. The van der Waals surface area contributed by atoms with Crippen LogP contribution in [0.15, 0.2) is 28.9 Å². The van der Waals surface area contributed by atoms with Crippen molar-refractivity contribution in [2.75, 3.05) is 0 Å². The zero-order valence-electron chi connectivity index (χ0n) is 14.0. The Labute approximate surface area is 137 Å². The molecule has 23 heavy (non-hydrogen) atoms. The summed E-state index contributed by atoms with van der Waals surface area (Å²) < 4.78 is 5.60. The topological polar surface area (TPSA) is 42.2 Å². The molecule has 1 aromatic carbocycles. The van der Waals surface area contributed by atoms with Gasteiger partial charge in [0.05, 0.1) is 12.7 Å². The van der Waals surface area contributed by atoms with Gasteiger partial charge in [-0.2, -0.15) is 0 Å². The lowest BCUT2D eigenvalue weighted by molar-refractivity contribution is -0.121. The van der Waals surface area contributed by atoms with Crippen LogP contribution in [0.3, 0.4) is 0 Å². The Bertz CT molecular complexity index is 732. The molecule has 122 valence electrons. The molecular weight excluding hydrogens is 286 g/mol. The predicted octanol–water partition coefficient (Wildman–Crippen LogP) is 4.22. The largest absolute Gasteiger partial charge is 0.464 e. The van der Waals surface area contributed by atoms with Crippen LogP contribution in [0.2, 0.25) is 0 Å². The number of fused-ring (bicyclic) bond motifs is 3. The minimum absolute atomic E-state index is 0.114. The van der Waals surface area contributed by atoms with Gasteiger partial charge in [-0.05, 0) is 62.5 Å². The smallest absolute Gasteiger partial charge is 0.224 e. The maximum Gasteiger partial charge on any atom is 0.224 e. The van der Waals surface area contributed by atoms with Crippen LogP contribution in [0, 0.1) is 24.7 Å². The molecular formula is C20H25NO2. The Morgan fingerprint density at radius 3 is 2.96 bits per heavy atom. The fraction of sp³-hybridized carbons (Fsp3) is 0.550. The van der Waals surface area contributed by atoms with E-state index < -0.39 is 0 Å². The van der Waals surface area contributed by atoms with E-state index in [0.29, 0.717) is 18.4 Å². The minimum atomic E-state index is 0.114.